The van der Waals surface area contributed by atoms with E-state index in [2.05, 4.69) is 5.32 Å². The zero-order valence-electron chi connectivity index (χ0n) is 19.0. The van der Waals surface area contributed by atoms with Gasteiger partial charge < -0.3 is 19.5 Å². The van der Waals surface area contributed by atoms with E-state index in [0.717, 1.165) is 11.1 Å². The third kappa shape index (κ3) is 6.60. The van der Waals surface area contributed by atoms with Crippen LogP contribution in [0.25, 0.3) is 0 Å². The van der Waals surface area contributed by atoms with Crippen molar-refractivity contribution in [2.75, 3.05) is 39.5 Å². The number of amides is 1. The second-order valence-electron chi connectivity index (χ2n) is 7.76. The van der Waals surface area contributed by atoms with Crippen LogP contribution in [0.4, 0.5) is 0 Å². The highest BCUT2D eigenvalue weighted by Crippen LogP contribution is 2.26. The van der Waals surface area contributed by atoms with Crippen molar-refractivity contribution in [1.82, 2.24) is 9.62 Å². The van der Waals surface area contributed by atoms with Crippen LogP contribution in [-0.2, 0) is 19.6 Å². The lowest BCUT2D eigenvalue weighted by atomic mass is 10.1. The molecule has 33 heavy (non-hydrogen) atoms. The molecule has 1 aliphatic heterocycles. The number of morpholine rings is 1. The Morgan fingerprint density at radius 2 is 1.73 bits per heavy atom. The largest absolute Gasteiger partial charge is 0.492 e. The number of halogens is 1. The Bertz CT molecular complexity index is 1050. The summed E-state index contributed by atoms with van der Waals surface area (Å²) in [4.78, 5) is 12.5. The van der Waals surface area contributed by atoms with E-state index in [1.54, 1.807) is 31.2 Å². The van der Waals surface area contributed by atoms with Gasteiger partial charge in [-0.3, -0.25) is 4.79 Å². The number of benzene rings is 2. The highest BCUT2D eigenvalue weighted by atomic mass is 35.5. The van der Waals surface area contributed by atoms with Gasteiger partial charge in [-0.1, -0.05) is 11.6 Å². The Labute approximate surface area is 199 Å². The molecule has 1 fully saturated rings. The van der Waals surface area contributed by atoms with Crippen LogP contribution in [-0.4, -0.2) is 64.2 Å². The van der Waals surface area contributed by atoms with E-state index in [-0.39, 0.29) is 24.0 Å². The van der Waals surface area contributed by atoms with Gasteiger partial charge in [-0.05, 0) is 68.3 Å². The zero-order chi connectivity index (χ0) is 24.0. The Kier molecular flexibility index (Phi) is 8.58. The molecule has 2 aromatic rings. The first-order valence-corrected chi connectivity index (χ1v) is 12.5. The van der Waals surface area contributed by atoms with Crippen LogP contribution in [0.2, 0.25) is 5.02 Å². The van der Waals surface area contributed by atoms with Crippen molar-refractivity contribution < 1.29 is 27.4 Å². The summed E-state index contributed by atoms with van der Waals surface area (Å²) in [5, 5.41) is 3.45. The Balaban J connectivity index is 1.44. The predicted molar refractivity (Wildman–Crippen MR) is 126 cm³/mol. The van der Waals surface area contributed by atoms with Crippen molar-refractivity contribution >= 4 is 27.5 Å². The van der Waals surface area contributed by atoms with Crippen LogP contribution < -0.4 is 14.8 Å². The minimum Gasteiger partial charge on any atom is -0.492 e. The van der Waals surface area contributed by atoms with Gasteiger partial charge >= 0.3 is 0 Å². The molecule has 0 bridgehead atoms. The molecular weight excluding hydrogens is 468 g/mol. The van der Waals surface area contributed by atoms with Crippen LogP contribution in [0.5, 0.6) is 11.5 Å². The third-order valence-corrected chi connectivity index (χ3v) is 7.70. The molecule has 2 aromatic carbocycles. The molecule has 1 unspecified atom stereocenters. The molecule has 180 valence electrons. The van der Waals surface area contributed by atoms with Crippen LogP contribution in [0.1, 0.15) is 18.1 Å². The van der Waals surface area contributed by atoms with Crippen LogP contribution in [0.15, 0.2) is 41.3 Å². The van der Waals surface area contributed by atoms with E-state index in [1.165, 1.54) is 16.4 Å². The summed E-state index contributed by atoms with van der Waals surface area (Å²) in [7, 11) is -3.54. The molecule has 1 atom stereocenters. The maximum Gasteiger partial charge on any atom is 0.260 e. The third-order valence-electron chi connectivity index (χ3n) is 5.19. The number of nitrogens with zero attached hydrogens (tertiary/aromatic N) is 1. The van der Waals surface area contributed by atoms with Crippen molar-refractivity contribution in [2.45, 2.75) is 31.8 Å². The van der Waals surface area contributed by atoms with Crippen molar-refractivity contribution in [2.24, 2.45) is 0 Å². The van der Waals surface area contributed by atoms with E-state index in [0.29, 0.717) is 42.8 Å². The summed E-state index contributed by atoms with van der Waals surface area (Å²) in [6.45, 7) is 7.43. The van der Waals surface area contributed by atoms with E-state index < -0.39 is 16.1 Å². The van der Waals surface area contributed by atoms with Gasteiger partial charge in [0.05, 0.1) is 24.7 Å². The molecule has 10 heteroatoms. The van der Waals surface area contributed by atoms with Gasteiger partial charge in [-0.15, -0.1) is 0 Å². The SMILES string of the molecule is Cc1cc(OC(C)C(=O)NCCOc2ccc(S(=O)(=O)N3CCOCC3)cc2)cc(C)c1Cl. The lowest BCUT2D eigenvalue weighted by Crippen LogP contribution is -2.40. The van der Waals surface area contributed by atoms with Gasteiger partial charge in [0.2, 0.25) is 10.0 Å². The molecule has 0 aliphatic carbocycles. The van der Waals surface area contributed by atoms with E-state index in [9.17, 15) is 13.2 Å². The van der Waals surface area contributed by atoms with E-state index >= 15 is 0 Å². The number of ether oxygens (including phenoxy) is 3. The van der Waals surface area contributed by atoms with Gasteiger partial charge in [0.25, 0.3) is 5.91 Å². The Morgan fingerprint density at radius 1 is 1.12 bits per heavy atom. The maximum absolute atomic E-state index is 12.6. The fourth-order valence-electron chi connectivity index (χ4n) is 3.36. The molecule has 3 rings (SSSR count). The fourth-order valence-corrected chi connectivity index (χ4v) is 4.88. The predicted octanol–water partition coefficient (Wildman–Crippen LogP) is 2.94. The number of carbonyl (C=O) groups excluding carboxylic acids is 1. The minimum absolute atomic E-state index is 0.212. The number of hydrogen-bond acceptors (Lipinski definition) is 6. The summed E-state index contributed by atoms with van der Waals surface area (Å²) in [6, 6.07) is 9.84. The summed E-state index contributed by atoms with van der Waals surface area (Å²) < 4.78 is 43.3. The molecule has 1 aliphatic rings. The monoisotopic (exact) mass is 496 g/mol. The van der Waals surface area contributed by atoms with Crippen LogP contribution >= 0.6 is 11.6 Å². The van der Waals surface area contributed by atoms with Crippen molar-refractivity contribution in [3.8, 4) is 11.5 Å². The molecule has 1 saturated heterocycles. The van der Waals surface area contributed by atoms with Crippen molar-refractivity contribution in [1.29, 1.82) is 0 Å². The Hall–Kier alpha value is -2.33. The first kappa shape index (κ1) is 25.3. The fraction of sp³-hybridized carbons (Fsp3) is 0.435. The van der Waals surface area contributed by atoms with Gasteiger partial charge in [-0.2, -0.15) is 4.31 Å². The molecule has 0 radical (unpaired) electrons. The number of aryl methyl sites for hydroxylation is 2. The molecule has 1 amide bonds. The maximum atomic E-state index is 12.6. The topological polar surface area (TPSA) is 94.2 Å². The molecule has 8 nitrogen and oxygen atoms in total. The first-order valence-electron chi connectivity index (χ1n) is 10.7. The summed E-state index contributed by atoms with van der Waals surface area (Å²) in [6.07, 6.45) is -0.686. The van der Waals surface area contributed by atoms with Crippen molar-refractivity contribution in [3.05, 3.63) is 52.5 Å². The second-order valence-corrected chi connectivity index (χ2v) is 10.1. The quantitative estimate of drug-likeness (QED) is 0.536. The Morgan fingerprint density at radius 3 is 2.33 bits per heavy atom. The summed E-state index contributed by atoms with van der Waals surface area (Å²) in [5.74, 6) is 0.831. The summed E-state index contributed by atoms with van der Waals surface area (Å²) >= 11 is 6.16. The standard InChI is InChI=1S/C23H29ClN2O6S/c1-16-14-20(15-17(2)22(16)24)32-18(3)23(27)25-8-11-31-19-4-6-21(7-5-19)33(28,29)26-9-12-30-13-10-26/h4-7,14-15,18H,8-13H2,1-3H3,(H,25,27). The van der Waals surface area contributed by atoms with Crippen LogP contribution in [0, 0.1) is 13.8 Å². The average Bonchev–Trinajstić information content (AvgIpc) is 2.81. The van der Waals surface area contributed by atoms with Crippen molar-refractivity contribution in [3.63, 3.8) is 0 Å². The van der Waals surface area contributed by atoms with Gasteiger partial charge in [-0.25, -0.2) is 8.42 Å². The van der Waals surface area contributed by atoms with Crippen LogP contribution in [0.3, 0.4) is 0 Å². The lowest BCUT2D eigenvalue weighted by molar-refractivity contribution is -0.127. The molecule has 0 spiro atoms. The molecule has 0 saturated carbocycles. The van der Waals surface area contributed by atoms with E-state index in [1.807, 2.05) is 13.8 Å². The smallest absolute Gasteiger partial charge is 0.260 e. The minimum atomic E-state index is -3.54. The number of carbonyl (C=O) groups is 1. The molecule has 1 N–H and O–H groups in total. The number of sulfonamides is 1. The second kappa shape index (κ2) is 11.2. The number of hydrogen-bond donors (Lipinski definition) is 1. The highest BCUT2D eigenvalue weighted by Gasteiger charge is 2.26. The normalized spacial score (nSPS) is 15.6. The summed E-state index contributed by atoms with van der Waals surface area (Å²) in [5.41, 5.74) is 1.77. The molecular formula is C23H29ClN2O6S. The van der Waals surface area contributed by atoms with Gasteiger partial charge in [0.15, 0.2) is 6.10 Å². The number of rotatable bonds is 9. The lowest BCUT2D eigenvalue weighted by Gasteiger charge is -2.26. The highest BCUT2D eigenvalue weighted by molar-refractivity contribution is 7.89. The van der Waals surface area contributed by atoms with E-state index in [4.69, 9.17) is 25.8 Å². The first-order chi connectivity index (χ1) is 15.7. The molecule has 0 aromatic heterocycles. The average molecular weight is 497 g/mol. The zero-order valence-corrected chi connectivity index (χ0v) is 20.5. The number of nitrogens with one attached hydrogen (secondary N) is 1. The molecule has 1 heterocycles. The van der Waals surface area contributed by atoms with Gasteiger partial charge in [0, 0.05) is 18.1 Å². The van der Waals surface area contributed by atoms with Gasteiger partial charge in [0.1, 0.15) is 18.1 Å².